The van der Waals surface area contributed by atoms with Crippen LogP contribution in [0, 0.1) is 11.3 Å². The summed E-state index contributed by atoms with van der Waals surface area (Å²) in [6, 6.07) is 17.3. The van der Waals surface area contributed by atoms with Crippen LogP contribution in [0.2, 0.25) is 0 Å². The highest BCUT2D eigenvalue weighted by Crippen LogP contribution is 2.14. The van der Waals surface area contributed by atoms with Crippen LogP contribution >= 0.6 is 0 Å². The molecule has 0 spiro atoms. The third-order valence-electron chi connectivity index (χ3n) is 3.17. The Bertz CT molecular complexity index is 822. The van der Waals surface area contributed by atoms with E-state index in [-0.39, 0.29) is 0 Å². The summed E-state index contributed by atoms with van der Waals surface area (Å²) >= 11 is 0. The van der Waals surface area contributed by atoms with Crippen LogP contribution in [-0.2, 0) is 6.54 Å². The fourth-order valence-electron chi connectivity index (χ4n) is 2.12. The molecular weight excluding hydrogens is 262 g/mol. The van der Waals surface area contributed by atoms with Crippen molar-refractivity contribution in [3.8, 4) is 6.07 Å². The van der Waals surface area contributed by atoms with Crippen LogP contribution in [0.15, 0.2) is 48.5 Å². The van der Waals surface area contributed by atoms with Gasteiger partial charge in [0.2, 0.25) is 5.95 Å². The topological polar surface area (TPSA) is 65.7 Å². The quantitative estimate of drug-likeness (QED) is 0.735. The Morgan fingerprint density at radius 1 is 1.05 bits per heavy atom. The van der Waals surface area contributed by atoms with Gasteiger partial charge in [-0.05, 0) is 29.8 Å². The van der Waals surface area contributed by atoms with Crippen LogP contribution in [0.25, 0.3) is 11.0 Å². The highest BCUT2D eigenvalue weighted by Gasteiger charge is 2.07. The van der Waals surface area contributed by atoms with E-state index in [1.165, 1.54) is 0 Å². The Labute approximate surface area is 122 Å². The zero-order valence-corrected chi connectivity index (χ0v) is 11.6. The summed E-state index contributed by atoms with van der Waals surface area (Å²) in [7, 11) is 1.91. The van der Waals surface area contributed by atoms with Crippen molar-refractivity contribution in [2.24, 2.45) is 0 Å². The van der Waals surface area contributed by atoms with Crippen molar-refractivity contribution < 1.29 is 0 Å². The van der Waals surface area contributed by atoms with E-state index in [2.05, 4.69) is 21.3 Å². The van der Waals surface area contributed by atoms with E-state index in [1.54, 1.807) is 6.07 Å². The predicted molar refractivity (Wildman–Crippen MR) is 80.6 cm³/mol. The lowest BCUT2D eigenvalue weighted by Crippen LogP contribution is -2.19. The zero-order valence-electron chi connectivity index (χ0n) is 11.6. The summed E-state index contributed by atoms with van der Waals surface area (Å²) in [6.45, 7) is 0.621. The maximum Gasteiger partial charge on any atom is 0.245 e. The van der Waals surface area contributed by atoms with Crippen molar-refractivity contribution in [2.75, 3.05) is 11.9 Å². The van der Waals surface area contributed by atoms with Crippen molar-refractivity contribution in [1.82, 2.24) is 15.2 Å². The lowest BCUT2D eigenvalue weighted by Gasteiger charge is -2.16. The summed E-state index contributed by atoms with van der Waals surface area (Å²) in [5.74, 6) is 0.566. The molecular formula is C16H13N5. The summed E-state index contributed by atoms with van der Waals surface area (Å²) < 4.78 is 0. The number of hydrogen-bond donors (Lipinski definition) is 0. The van der Waals surface area contributed by atoms with Gasteiger partial charge in [0, 0.05) is 13.6 Å². The van der Waals surface area contributed by atoms with E-state index < -0.39 is 0 Å². The number of hydrogen-bond acceptors (Lipinski definition) is 5. The minimum absolute atomic E-state index is 0.566. The minimum Gasteiger partial charge on any atom is -0.338 e. The third-order valence-corrected chi connectivity index (χ3v) is 3.17. The van der Waals surface area contributed by atoms with Crippen LogP contribution in [0.1, 0.15) is 11.1 Å². The lowest BCUT2D eigenvalue weighted by atomic mass is 10.1. The molecule has 1 aromatic heterocycles. The first-order valence-electron chi connectivity index (χ1n) is 6.56. The molecule has 2 aromatic carbocycles. The molecule has 3 aromatic rings. The smallest absolute Gasteiger partial charge is 0.245 e. The zero-order chi connectivity index (χ0) is 14.7. The standard InChI is InChI=1S/C16H13N5/c1-21(11-13-6-4-5-12(9-13)10-17)16-18-14-7-2-3-8-15(14)19-20-16/h2-9H,11H2,1H3. The molecule has 3 rings (SSSR count). The second-order valence-electron chi connectivity index (χ2n) is 4.77. The Balaban J connectivity index is 1.86. The van der Waals surface area contributed by atoms with Gasteiger partial charge < -0.3 is 4.90 Å². The Kier molecular flexibility index (Phi) is 3.44. The van der Waals surface area contributed by atoms with Crippen LogP contribution in [0.5, 0.6) is 0 Å². The van der Waals surface area contributed by atoms with E-state index >= 15 is 0 Å². The second kappa shape index (κ2) is 5.55. The molecule has 0 bridgehead atoms. The molecule has 1 heterocycles. The second-order valence-corrected chi connectivity index (χ2v) is 4.77. The SMILES string of the molecule is CN(Cc1cccc(C#N)c1)c1nnc2ccccc2n1. The van der Waals surface area contributed by atoms with Crippen molar-refractivity contribution in [1.29, 1.82) is 5.26 Å². The average Bonchev–Trinajstić information content (AvgIpc) is 2.54. The third kappa shape index (κ3) is 2.79. The number of nitrogens with zero attached hydrogens (tertiary/aromatic N) is 5. The predicted octanol–water partition coefficient (Wildman–Crippen LogP) is 2.53. The van der Waals surface area contributed by atoms with Crippen LogP contribution in [0.4, 0.5) is 5.95 Å². The van der Waals surface area contributed by atoms with E-state index in [4.69, 9.17) is 5.26 Å². The van der Waals surface area contributed by atoms with Gasteiger partial charge in [-0.1, -0.05) is 24.3 Å². The molecule has 0 saturated heterocycles. The molecule has 21 heavy (non-hydrogen) atoms. The van der Waals surface area contributed by atoms with Crippen molar-refractivity contribution in [3.63, 3.8) is 0 Å². The van der Waals surface area contributed by atoms with Gasteiger partial charge in [0.15, 0.2) is 0 Å². The maximum atomic E-state index is 8.93. The molecule has 0 N–H and O–H groups in total. The number of rotatable bonds is 3. The number of nitriles is 1. The molecule has 0 aliphatic rings. The number of fused-ring (bicyclic) bond motifs is 1. The number of benzene rings is 2. The largest absolute Gasteiger partial charge is 0.338 e. The van der Waals surface area contributed by atoms with Crippen molar-refractivity contribution in [2.45, 2.75) is 6.54 Å². The molecule has 5 heteroatoms. The highest BCUT2D eigenvalue weighted by atomic mass is 15.3. The first kappa shape index (κ1) is 13.0. The summed E-state index contributed by atoms with van der Waals surface area (Å²) in [5, 5.41) is 17.2. The first-order valence-corrected chi connectivity index (χ1v) is 6.56. The van der Waals surface area contributed by atoms with Crippen LogP contribution in [0.3, 0.4) is 0 Å². The lowest BCUT2D eigenvalue weighted by molar-refractivity contribution is 0.844. The molecule has 0 aliphatic carbocycles. The summed E-state index contributed by atoms with van der Waals surface area (Å²) in [6.07, 6.45) is 0. The number of anilines is 1. The maximum absolute atomic E-state index is 8.93. The molecule has 5 nitrogen and oxygen atoms in total. The van der Waals surface area contributed by atoms with Gasteiger partial charge in [-0.2, -0.15) is 5.26 Å². The van der Waals surface area contributed by atoms with Gasteiger partial charge in [-0.3, -0.25) is 0 Å². The molecule has 0 fully saturated rings. The molecule has 0 saturated carbocycles. The van der Waals surface area contributed by atoms with Crippen molar-refractivity contribution >= 4 is 17.0 Å². The average molecular weight is 275 g/mol. The summed E-state index contributed by atoms with van der Waals surface area (Å²) in [4.78, 5) is 6.41. The van der Waals surface area contributed by atoms with Crippen molar-refractivity contribution in [3.05, 3.63) is 59.7 Å². The van der Waals surface area contributed by atoms with E-state index in [0.717, 1.165) is 16.6 Å². The van der Waals surface area contributed by atoms with E-state index in [0.29, 0.717) is 18.1 Å². The molecule has 0 atom stereocenters. The summed E-state index contributed by atoms with van der Waals surface area (Å²) in [5.41, 5.74) is 3.29. The number of aromatic nitrogens is 3. The number of para-hydroxylation sites is 1. The molecule has 0 unspecified atom stereocenters. The van der Waals surface area contributed by atoms with Gasteiger partial charge in [0.1, 0.15) is 5.52 Å². The fraction of sp³-hybridized carbons (Fsp3) is 0.125. The minimum atomic E-state index is 0.566. The molecule has 102 valence electrons. The Morgan fingerprint density at radius 3 is 2.67 bits per heavy atom. The Hall–Kier alpha value is -3.00. The molecule has 0 aliphatic heterocycles. The van der Waals surface area contributed by atoms with Crippen LogP contribution in [-0.4, -0.2) is 22.2 Å². The first-order chi connectivity index (χ1) is 10.3. The molecule has 0 amide bonds. The fourth-order valence-corrected chi connectivity index (χ4v) is 2.12. The van der Waals surface area contributed by atoms with Gasteiger partial charge in [0.05, 0.1) is 17.1 Å². The van der Waals surface area contributed by atoms with Crippen LogP contribution < -0.4 is 4.90 Å². The van der Waals surface area contributed by atoms with E-state index in [1.807, 2.05) is 54.4 Å². The van der Waals surface area contributed by atoms with Gasteiger partial charge >= 0.3 is 0 Å². The molecule has 0 radical (unpaired) electrons. The van der Waals surface area contributed by atoms with Gasteiger partial charge in [0.25, 0.3) is 0 Å². The normalized spacial score (nSPS) is 10.3. The van der Waals surface area contributed by atoms with E-state index in [9.17, 15) is 0 Å². The monoisotopic (exact) mass is 275 g/mol. The highest BCUT2D eigenvalue weighted by molar-refractivity contribution is 5.74. The van der Waals surface area contributed by atoms with Gasteiger partial charge in [-0.15, -0.1) is 10.2 Å². The Morgan fingerprint density at radius 2 is 1.86 bits per heavy atom. The van der Waals surface area contributed by atoms with Gasteiger partial charge in [-0.25, -0.2) is 4.98 Å².